The molecule has 1 atom stereocenters. The fourth-order valence-electron chi connectivity index (χ4n) is 3.12. The van der Waals surface area contributed by atoms with Crippen molar-refractivity contribution in [3.05, 3.63) is 34.3 Å². The van der Waals surface area contributed by atoms with Gasteiger partial charge in [-0.05, 0) is 62.8 Å². The van der Waals surface area contributed by atoms with E-state index in [0.717, 1.165) is 25.5 Å². The van der Waals surface area contributed by atoms with Crippen LogP contribution in [0.4, 0.5) is 0 Å². The first kappa shape index (κ1) is 16.0. The Labute approximate surface area is 131 Å². The largest absolute Gasteiger partial charge is 0.378 e. The number of hydrogen-bond acceptors (Lipinski definition) is 2. The lowest BCUT2D eigenvalue weighted by molar-refractivity contribution is -0.0289. The van der Waals surface area contributed by atoms with Gasteiger partial charge in [0.25, 0.3) is 0 Å². The lowest BCUT2D eigenvalue weighted by Gasteiger charge is -2.37. The highest BCUT2D eigenvalue weighted by Crippen LogP contribution is 2.34. The van der Waals surface area contributed by atoms with Crippen LogP contribution in [-0.4, -0.2) is 25.3 Å². The minimum absolute atomic E-state index is 0.526. The van der Waals surface area contributed by atoms with Crippen molar-refractivity contribution in [1.29, 1.82) is 0 Å². The van der Waals surface area contributed by atoms with E-state index in [9.17, 15) is 0 Å². The second kappa shape index (κ2) is 8.16. The lowest BCUT2D eigenvalue weighted by atomic mass is 9.77. The normalized spacial score (nSPS) is 23.4. The van der Waals surface area contributed by atoms with Crippen LogP contribution in [0, 0.1) is 5.92 Å². The van der Waals surface area contributed by atoms with Gasteiger partial charge in [-0.25, -0.2) is 0 Å². The van der Waals surface area contributed by atoms with Crippen LogP contribution in [-0.2, 0) is 11.2 Å². The summed E-state index contributed by atoms with van der Waals surface area (Å²) in [5.41, 5.74) is 1.41. The van der Waals surface area contributed by atoms with Crippen LogP contribution in [0.3, 0.4) is 0 Å². The molecular weight excluding hydrogens is 314 g/mol. The lowest BCUT2D eigenvalue weighted by Crippen LogP contribution is -2.39. The van der Waals surface area contributed by atoms with E-state index in [1.54, 1.807) is 0 Å². The topological polar surface area (TPSA) is 21.3 Å². The van der Waals surface area contributed by atoms with Crippen molar-refractivity contribution in [3.8, 4) is 0 Å². The summed E-state index contributed by atoms with van der Waals surface area (Å²) in [6, 6.07) is 9.25. The van der Waals surface area contributed by atoms with Crippen molar-refractivity contribution in [2.45, 2.75) is 51.7 Å². The minimum atomic E-state index is 0.526. The summed E-state index contributed by atoms with van der Waals surface area (Å²) in [5, 5.41) is 3.64. The zero-order valence-electron chi connectivity index (χ0n) is 12.6. The summed E-state index contributed by atoms with van der Waals surface area (Å²) in [4.78, 5) is 0. The first-order chi connectivity index (χ1) is 9.71. The Hall–Kier alpha value is -0.380. The fourth-order valence-corrected chi connectivity index (χ4v) is 3.56. The van der Waals surface area contributed by atoms with Crippen LogP contribution >= 0.6 is 15.9 Å². The van der Waals surface area contributed by atoms with Gasteiger partial charge in [-0.15, -0.1) is 0 Å². The molecule has 20 heavy (non-hydrogen) atoms. The van der Waals surface area contributed by atoms with Crippen LogP contribution in [0.2, 0.25) is 0 Å². The molecule has 2 nitrogen and oxygen atoms in total. The number of rotatable bonds is 8. The van der Waals surface area contributed by atoms with E-state index in [4.69, 9.17) is 4.74 Å². The number of hydrogen-bond donors (Lipinski definition) is 1. The summed E-state index contributed by atoms with van der Waals surface area (Å²) in [6.07, 6.45) is 5.40. The van der Waals surface area contributed by atoms with Gasteiger partial charge in [-0.2, -0.15) is 0 Å². The molecule has 0 spiro atoms. The molecule has 0 saturated heterocycles. The van der Waals surface area contributed by atoms with Crippen molar-refractivity contribution >= 4 is 15.9 Å². The van der Waals surface area contributed by atoms with Crippen molar-refractivity contribution in [2.24, 2.45) is 5.92 Å². The summed E-state index contributed by atoms with van der Waals surface area (Å²) in [5.74, 6) is 0.836. The number of ether oxygens (including phenoxy) is 1. The first-order valence-corrected chi connectivity index (χ1v) is 8.60. The third-order valence-electron chi connectivity index (χ3n) is 4.08. The Balaban J connectivity index is 1.82. The van der Waals surface area contributed by atoms with Crippen LogP contribution in [0.25, 0.3) is 0 Å². The molecular formula is C17H26BrNO. The Bertz CT molecular complexity index is 404. The van der Waals surface area contributed by atoms with Crippen LogP contribution in [0.1, 0.15) is 38.7 Å². The Morgan fingerprint density at radius 1 is 1.35 bits per heavy atom. The fraction of sp³-hybridized carbons (Fsp3) is 0.647. The maximum atomic E-state index is 5.66. The molecule has 1 fully saturated rings. The molecule has 1 saturated carbocycles. The zero-order valence-corrected chi connectivity index (χ0v) is 14.2. The molecule has 1 aromatic rings. The highest BCUT2D eigenvalue weighted by Gasteiger charge is 2.31. The van der Waals surface area contributed by atoms with Gasteiger partial charge in [0.2, 0.25) is 0 Å². The number of halogens is 1. The van der Waals surface area contributed by atoms with E-state index in [2.05, 4.69) is 59.4 Å². The Morgan fingerprint density at radius 2 is 2.15 bits per heavy atom. The first-order valence-electron chi connectivity index (χ1n) is 7.80. The molecule has 1 aliphatic rings. The molecule has 3 heteroatoms. The van der Waals surface area contributed by atoms with E-state index in [0.29, 0.717) is 12.1 Å². The Morgan fingerprint density at radius 3 is 2.80 bits per heavy atom. The second-order valence-corrected chi connectivity index (χ2v) is 6.65. The van der Waals surface area contributed by atoms with Gasteiger partial charge in [0.1, 0.15) is 0 Å². The molecule has 0 aliphatic heterocycles. The molecule has 0 bridgehead atoms. The van der Waals surface area contributed by atoms with Gasteiger partial charge in [0, 0.05) is 17.1 Å². The van der Waals surface area contributed by atoms with E-state index in [1.165, 1.54) is 29.3 Å². The highest BCUT2D eigenvalue weighted by atomic mass is 79.9. The van der Waals surface area contributed by atoms with Crippen molar-refractivity contribution < 1.29 is 4.74 Å². The van der Waals surface area contributed by atoms with E-state index in [1.807, 2.05) is 0 Å². The van der Waals surface area contributed by atoms with Crippen LogP contribution < -0.4 is 5.32 Å². The predicted molar refractivity (Wildman–Crippen MR) is 88.1 cm³/mol. The summed E-state index contributed by atoms with van der Waals surface area (Å²) in [7, 11) is 0. The number of likely N-dealkylation sites (N-methyl/N-ethyl adjacent to an activating group) is 1. The second-order valence-electron chi connectivity index (χ2n) is 5.74. The van der Waals surface area contributed by atoms with Gasteiger partial charge in [-0.1, -0.05) is 35.0 Å². The van der Waals surface area contributed by atoms with E-state index >= 15 is 0 Å². The van der Waals surface area contributed by atoms with Crippen molar-refractivity contribution in [3.63, 3.8) is 0 Å². The third-order valence-corrected chi connectivity index (χ3v) is 4.57. The van der Waals surface area contributed by atoms with Crippen molar-refractivity contribution in [1.82, 2.24) is 5.32 Å². The maximum Gasteiger partial charge on any atom is 0.0580 e. The van der Waals surface area contributed by atoms with Gasteiger partial charge < -0.3 is 10.1 Å². The predicted octanol–water partition coefficient (Wildman–Crippen LogP) is 4.17. The Kier molecular flexibility index (Phi) is 6.53. The summed E-state index contributed by atoms with van der Waals surface area (Å²) in [6.45, 7) is 6.17. The zero-order chi connectivity index (χ0) is 14.4. The highest BCUT2D eigenvalue weighted by molar-refractivity contribution is 9.10. The molecule has 112 valence electrons. The molecule has 1 aromatic carbocycles. The van der Waals surface area contributed by atoms with Gasteiger partial charge >= 0.3 is 0 Å². The molecule has 0 radical (unpaired) electrons. The molecule has 1 aliphatic carbocycles. The molecule has 0 heterocycles. The molecule has 0 amide bonds. The number of nitrogens with one attached hydrogen (secondary N) is 1. The van der Waals surface area contributed by atoms with Gasteiger partial charge in [-0.3, -0.25) is 0 Å². The smallest absolute Gasteiger partial charge is 0.0580 e. The average molecular weight is 340 g/mol. The van der Waals surface area contributed by atoms with Crippen LogP contribution in [0.5, 0.6) is 0 Å². The quantitative estimate of drug-likeness (QED) is 0.767. The average Bonchev–Trinajstić information content (AvgIpc) is 2.36. The molecule has 1 N–H and O–H groups in total. The number of benzene rings is 1. The maximum absolute atomic E-state index is 5.66. The monoisotopic (exact) mass is 339 g/mol. The van der Waals surface area contributed by atoms with Gasteiger partial charge in [0.05, 0.1) is 6.10 Å². The SMILES string of the molecule is CCNC(Cc1cccc(Br)c1)CC1CC(OCC)C1. The van der Waals surface area contributed by atoms with E-state index in [-0.39, 0.29) is 0 Å². The summed E-state index contributed by atoms with van der Waals surface area (Å²) >= 11 is 3.55. The molecule has 1 unspecified atom stereocenters. The molecule has 0 aromatic heterocycles. The standard InChI is InChI=1S/C17H26BrNO/c1-3-19-16(9-13-6-5-7-15(18)8-13)10-14-11-17(12-14)20-4-2/h5-8,14,16-17,19H,3-4,9-12H2,1-2H3. The van der Waals surface area contributed by atoms with Gasteiger partial charge in [0.15, 0.2) is 0 Å². The third kappa shape index (κ3) is 4.87. The van der Waals surface area contributed by atoms with Crippen molar-refractivity contribution in [2.75, 3.05) is 13.2 Å². The minimum Gasteiger partial charge on any atom is -0.378 e. The van der Waals surface area contributed by atoms with Crippen LogP contribution in [0.15, 0.2) is 28.7 Å². The molecule has 2 rings (SSSR count). The summed E-state index contributed by atoms with van der Waals surface area (Å²) < 4.78 is 6.83. The van der Waals surface area contributed by atoms with E-state index < -0.39 is 0 Å².